The summed E-state index contributed by atoms with van der Waals surface area (Å²) < 4.78 is 33.4. The summed E-state index contributed by atoms with van der Waals surface area (Å²) in [6.07, 6.45) is 0.390. The third-order valence-electron chi connectivity index (χ3n) is 4.80. The molecule has 1 fully saturated rings. The Morgan fingerprint density at radius 3 is 2.78 bits per heavy atom. The van der Waals surface area contributed by atoms with E-state index in [1.165, 1.54) is 4.31 Å². The third kappa shape index (κ3) is 3.52. The van der Waals surface area contributed by atoms with E-state index in [1.54, 1.807) is 25.1 Å². The van der Waals surface area contributed by atoms with Crippen molar-refractivity contribution in [1.29, 1.82) is 0 Å². The van der Waals surface area contributed by atoms with Crippen molar-refractivity contribution in [2.24, 2.45) is 0 Å². The first-order valence-corrected chi connectivity index (χ1v) is 10.5. The number of hydrogen-bond donors (Lipinski definition) is 0. The standard InChI is InChI=1S/C20H19ClN2O3S/c1-14-17(21)6-4-8-19(14)27(24,25)23-12-11-16(13-23)26-20-10-9-15-5-2-3-7-18(15)22-20/h2-10,16H,11-13H2,1H3. The lowest BCUT2D eigenvalue weighted by Gasteiger charge is -2.18. The Kier molecular flexibility index (Phi) is 4.80. The van der Waals surface area contributed by atoms with Crippen LogP contribution in [0.4, 0.5) is 0 Å². The molecule has 0 spiro atoms. The highest BCUT2D eigenvalue weighted by Gasteiger charge is 2.34. The molecule has 0 amide bonds. The number of benzene rings is 2. The largest absolute Gasteiger partial charge is 0.473 e. The molecule has 1 unspecified atom stereocenters. The molecule has 0 saturated carbocycles. The molecule has 1 aromatic heterocycles. The molecule has 7 heteroatoms. The number of ether oxygens (including phenoxy) is 1. The van der Waals surface area contributed by atoms with E-state index in [-0.39, 0.29) is 11.0 Å². The molecule has 1 aliphatic rings. The summed E-state index contributed by atoms with van der Waals surface area (Å²) in [5, 5.41) is 1.49. The molecule has 27 heavy (non-hydrogen) atoms. The quantitative estimate of drug-likeness (QED) is 0.660. The Balaban J connectivity index is 1.51. The lowest BCUT2D eigenvalue weighted by atomic mass is 10.2. The number of sulfonamides is 1. The second-order valence-electron chi connectivity index (χ2n) is 6.60. The van der Waals surface area contributed by atoms with Crippen LogP contribution in [0.5, 0.6) is 5.88 Å². The summed E-state index contributed by atoms with van der Waals surface area (Å²) in [5.74, 6) is 0.511. The maximum absolute atomic E-state index is 13.0. The van der Waals surface area contributed by atoms with E-state index < -0.39 is 10.0 Å². The van der Waals surface area contributed by atoms with Gasteiger partial charge in [0.1, 0.15) is 6.10 Å². The van der Waals surface area contributed by atoms with Crippen LogP contribution in [0.15, 0.2) is 59.5 Å². The van der Waals surface area contributed by atoms with Crippen molar-refractivity contribution in [1.82, 2.24) is 9.29 Å². The van der Waals surface area contributed by atoms with Crippen LogP contribution in [0.1, 0.15) is 12.0 Å². The number of nitrogens with zero attached hydrogens (tertiary/aromatic N) is 2. The minimum atomic E-state index is -3.60. The molecule has 0 bridgehead atoms. The van der Waals surface area contributed by atoms with Crippen LogP contribution in [-0.2, 0) is 10.0 Å². The fourth-order valence-corrected chi connectivity index (χ4v) is 5.27. The van der Waals surface area contributed by atoms with Gasteiger partial charge in [-0.1, -0.05) is 35.9 Å². The van der Waals surface area contributed by atoms with Crippen molar-refractivity contribution < 1.29 is 13.2 Å². The van der Waals surface area contributed by atoms with Gasteiger partial charge in [0.25, 0.3) is 0 Å². The second kappa shape index (κ2) is 7.11. The summed E-state index contributed by atoms with van der Waals surface area (Å²) in [6, 6.07) is 16.5. The average Bonchev–Trinajstić information content (AvgIpc) is 3.13. The molecular weight excluding hydrogens is 384 g/mol. The van der Waals surface area contributed by atoms with Gasteiger partial charge in [0.05, 0.1) is 17.0 Å². The topological polar surface area (TPSA) is 59.5 Å². The lowest BCUT2D eigenvalue weighted by Crippen LogP contribution is -2.31. The van der Waals surface area contributed by atoms with Gasteiger partial charge < -0.3 is 4.74 Å². The zero-order chi connectivity index (χ0) is 19.0. The van der Waals surface area contributed by atoms with Gasteiger partial charge in [-0.2, -0.15) is 4.31 Å². The lowest BCUT2D eigenvalue weighted by molar-refractivity contribution is 0.207. The van der Waals surface area contributed by atoms with Crippen molar-refractivity contribution in [3.63, 3.8) is 0 Å². The summed E-state index contributed by atoms with van der Waals surface area (Å²) in [7, 11) is -3.60. The van der Waals surface area contributed by atoms with Gasteiger partial charge in [-0.15, -0.1) is 0 Å². The van der Waals surface area contributed by atoms with Gasteiger partial charge in [0.2, 0.25) is 15.9 Å². The van der Waals surface area contributed by atoms with Crippen LogP contribution < -0.4 is 4.74 Å². The molecule has 0 N–H and O–H groups in total. The van der Waals surface area contributed by atoms with E-state index >= 15 is 0 Å². The van der Waals surface area contributed by atoms with Crippen LogP contribution in [0, 0.1) is 6.92 Å². The Morgan fingerprint density at radius 1 is 1.11 bits per heavy atom. The van der Waals surface area contributed by atoms with Crippen LogP contribution in [0.3, 0.4) is 0 Å². The normalized spacial score (nSPS) is 18.1. The van der Waals surface area contributed by atoms with Gasteiger partial charge >= 0.3 is 0 Å². The maximum Gasteiger partial charge on any atom is 0.243 e. The molecule has 1 aliphatic heterocycles. The van der Waals surface area contributed by atoms with Crippen LogP contribution in [0.2, 0.25) is 5.02 Å². The van der Waals surface area contributed by atoms with Gasteiger partial charge in [-0.3, -0.25) is 0 Å². The first kappa shape index (κ1) is 18.2. The molecule has 2 heterocycles. The second-order valence-corrected chi connectivity index (χ2v) is 8.91. The average molecular weight is 403 g/mol. The number of para-hydroxylation sites is 1. The Bertz CT molecular complexity index is 1100. The number of pyridine rings is 1. The van der Waals surface area contributed by atoms with E-state index in [1.807, 2.05) is 36.4 Å². The number of rotatable bonds is 4. The van der Waals surface area contributed by atoms with Crippen molar-refractivity contribution in [3.8, 4) is 5.88 Å². The minimum Gasteiger partial charge on any atom is -0.473 e. The van der Waals surface area contributed by atoms with Crippen molar-refractivity contribution in [2.75, 3.05) is 13.1 Å². The summed E-state index contributed by atoms with van der Waals surface area (Å²) >= 11 is 6.09. The first-order valence-electron chi connectivity index (χ1n) is 8.73. The van der Waals surface area contributed by atoms with Crippen molar-refractivity contribution in [3.05, 3.63) is 65.2 Å². The number of fused-ring (bicyclic) bond motifs is 1. The SMILES string of the molecule is Cc1c(Cl)cccc1S(=O)(=O)N1CCC(Oc2ccc3ccccc3n2)C1. The summed E-state index contributed by atoms with van der Waals surface area (Å²) in [6.45, 7) is 2.42. The number of aromatic nitrogens is 1. The predicted molar refractivity (Wildman–Crippen MR) is 106 cm³/mol. The van der Waals surface area contributed by atoms with E-state index in [0.717, 1.165) is 10.9 Å². The van der Waals surface area contributed by atoms with Crippen LogP contribution in [-0.4, -0.2) is 36.9 Å². The van der Waals surface area contributed by atoms with Gasteiger partial charge in [0.15, 0.2) is 0 Å². The fourth-order valence-electron chi connectivity index (χ4n) is 3.30. The van der Waals surface area contributed by atoms with E-state index in [2.05, 4.69) is 4.98 Å². The molecular formula is C20H19ClN2O3S. The number of hydrogen-bond acceptors (Lipinski definition) is 4. The molecule has 2 aromatic carbocycles. The molecule has 140 valence electrons. The summed E-state index contributed by atoms with van der Waals surface area (Å²) in [4.78, 5) is 4.75. The van der Waals surface area contributed by atoms with E-state index in [4.69, 9.17) is 16.3 Å². The Morgan fingerprint density at radius 2 is 1.93 bits per heavy atom. The third-order valence-corrected chi connectivity index (χ3v) is 7.22. The molecule has 0 radical (unpaired) electrons. The molecule has 1 saturated heterocycles. The fraction of sp³-hybridized carbons (Fsp3) is 0.250. The van der Waals surface area contributed by atoms with Crippen LogP contribution >= 0.6 is 11.6 Å². The molecule has 3 aromatic rings. The number of halogens is 1. The molecule has 5 nitrogen and oxygen atoms in total. The highest BCUT2D eigenvalue weighted by Crippen LogP contribution is 2.29. The van der Waals surface area contributed by atoms with Crippen molar-refractivity contribution in [2.45, 2.75) is 24.3 Å². The highest BCUT2D eigenvalue weighted by atomic mass is 35.5. The smallest absolute Gasteiger partial charge is 0.243 e. The molecule has 0 aliphatic carbocycles. The highest BCUT2D eigenvalue weighted by molar-refractivity contribution is 7.89. The zero-order valence-electron chi connectivity index (χ0n) is 14.8. The van der Waals surface area contributed by atoms with E-state index in [0.29, 0.717) is 36.0 Å². The molecule has 1 atom stereocenters. The van der Waals surface area contributed by atoms with Gasteiger partial charge in [0, 0.05) is 23.0 Å². The van der Waals surface area contributed by atoms with Gasteiger partial charge in [-0.25, -0.2) is 13.4 Å². The Labute approximate surface area is 163 Å². The maximum atomic E-state index is 13.0. The van der Waals surface area contributed by atoms with Gasteiger partial charge in [-0.05, 0) is 43.2 Å². The first-order chi connectivity index (χ1) is 12.9. The van der Waals surface area contributed by atoms with Crippen LogP contribution in [0.25, 0.3) is 10.9 Å². The predicted octanol–water partition coefficient (Wildman–Crippen LogP) is 4.04. The Hall–Kier alpha value is -2.15. The van der Waals surface area contributed by atoms with E-state index in [9.17, 15) is 8.42 Å². The van der Waals surface area contributed by atoms with Crippen molar-refractivity contribution >= 4 is 32.5 Å². The minimum absolute atomic E-state index is 0.229. The molecule has 4 rings (SSSR count). The monoisotopic (exact) mass is 402 g/mol. The zero-order valence-corrected chi connectivity index (χ0v) is 16.4. The summed E-state index contributed by atoms with van der Waals surface area (Å²) in [5.41, 5.74) is 1.42.